The molecule has 0 aliphatic carbocycles. The van der Waals surface area contributed by atoms with Crippen molar-refractivity contribution in [1.82, 2.24) is 20.2 Å². The summed E-state index contributed by atoms with van der Waals surface area (Å²) >= 11 is 0. The summed E-state index contributed by atoms with van der Waals surface area (Å²) in [5.41, 5.74) is 6.46. The van der Waals surface area contributed by atoms with E-state index in [9.17, 15) is 14.4 Å². The van der Waals surface area contributed by atoms with Crippen LogP contribution >= 0.6 is 0 Å². The van der Waals surface area contributed by atoms with Gasteiger partial charge in [0.2, 0.25) is 17.6 Å². The molecule has 0 radical (unpaired) electrons. The van der Waals surface area contributed by atoms with Crippen LogP contribution in [0, 0.1) is 0 Å². The summed E-state index contributed by atoms with van der Waals surface area (Å²) < 4.78 is 0. The molecule has 2 aliphatic heterocycles. The second kappa shape index (κ2) is 8.48. The Morgan fingerprint density at radius 3 is 2.77 bits per heavy atom. The van der Waals surface area contributed by atoms with Crippen molar-refractivity contribution in [2.45, 2.75) is 25.3 Å². The van der Waals surface area contributed by atoms with Crippen LogP contribution in [0.15, 0.2) is 36.5 Å². The van der Waals surface area contributed by atoms with Gasteiger partial charge < -0.3 is 20.9 Å². The Kier molecular flexibility index (Phi) is 5.60. The minimum Gasteiger partial charge on any atom is -0.383 e. The molecule has 30 heavy (non-hydrogen) atoms. The lowest BCUT2D eigenvalue weighted by molar-refractivity contribution is -0.134. The number of aromatic nitrogens is 2. The fourth-order valence-corrected chi connectivity index (χ4v) is 3.86. The first-order valence-electron chi connectivity index (χ1n) is 10.1. The molecule has 158 valence electrons. The molecule has 4 rings (SSSR count). The molecule has 2 amide bonds. The number of nitrogens with two attached hydrogens (primary N) is 1. The van der Waals surface area contributed by atoms with Gasteiger partial charge in [0.1, 0.15) is 23.4 Å². The number of carbonyl (C=O) groups is 3. The van der Waals surface area contributed by atoms with Crippen LogP contribution in [-0.4, -0.2) is 64.7 Å². The van der Waals surface area contributed by atoms with E-state index >= 15 is 0 Å². The number of ketones is 1. The number of carbonyl (C=O) groups excluding carboxylic acids is 3. The number of hydrogen-bond acceptors (Lipinski definition) is 7. The van der Waals surface area contributed by atoms with E-state index in [1.807, 2.05) is 11.0 Å². The van der Waals surface area contributed by atoms with Gasteiger partial charge in [0.15, 0.2) is 0 Å². The van der Waals surface area contributed by atoms with Gasteiger partial charge in [0.05, 0.1) is 5.56 Å². The lowest BCUT2D eigenvalue weighted by Gasteiger charge is -2.25. The van der Waals surface area contributed by atoms with Gasteiger partial charge in [0.25, 0.3) is 0 Å². The van der Waals surface area contributed by atoms with Crippen molar-refractivity contribution in [3.8, 4) is 0 Å². The van der Waals surface area contributed by atoms with Gasteiger partial charge in [0, 0.05) is 40.2 Å². The highest BCUT2D eigenvalue weighted by atomic mass is 16.2. The van der Waals surface area contributed by atoms with Crippen LogP contribution < -0.4 is 16.0 Å². The molecule has 0 saturated carbocycles. The fraction of sp³-hybridized carbons (Fsp3) is 0.381. The first-order chi connectivity index (χ1) is 14.5. The van der Waals surface area contributed by atoms with Crippen molar-refractivity contribution >= 4 is 29.2 Å². The minimum absolute atomic E-state index is 0. The molecule has 2 aromatic rings. The second-order valence-electron chi connectivity index (χ2n) is 7.47. The van der Waals surface area contributed by atoms with Crippen LogP contribution in [0.1, 0.15) is 36.7 Å². The molecule has 9 nitrogen and oxygen atoms in total. The molecule has 9 heteroatoms. The topological polar surface area (TPSA) is 122 Å². The average molecular weight is 410 g/mol. The third-order valence-corrected chi connectivity index (χ3v) is 5.48. The Balaban J connectivity index is 0.00000272. The van der Waals surface area contributed by atoms with Crippen molar-refractivity contribution in [1.29, 1.82) is 0 Å². The zero-order valence-corrected chi connectivity index (χ0v) is 16.6. The molecule has 4 heterocycles. The minimum atomic E-state index is -0.409. The van der Waals surface area contributed by atoms with Gasteiger partial charge in [-0.15, -0.1) is 0 Å². The molecule has 2 aromatic heterocycles. The molecule has 0 spiro atoms. The number of rotatable bonds is 4. The van der Waals surface area contributed by atoms with Gasteiger partial charge in [-0.3, -0.25) is 14.4 Å². The number of nitrogens with zero attached hydrogens (tertiary/aromatic N) is 4. The van der Waals surface area contributed by atoms with Crippen LogP contribution in [0.5, 0.6) is 0 Å². The van der Waals surface area contributed by atoms with E-state index in [2.05, 4.69) is 20.2 Å². The van der Waals surface area contributed by atoms with Gasteiger partial charge in [-0.2, -0.15) is 0 Å². The standard InChI is InChI=1S/C21H24N6O3.H2/c22-20-14(4-2-9-23-20)19(29)15-5-1-6-17(24-15)26-10-3-11-27(13-12-26)21(30)16-7-8-18(28)25-16;/h1-2,4-6,9,16H,3,7-8,10-13H2,(H2,22,23)(H,25,28);1H. The number of nitrogens with one attached hydrogen (secondary N) is 1. The molecule has 1 atom stereocenters. The van der Waals surface area contributed by atoms with Crippen molar-refractivity contribution in [3.63, 3.8) is 0 Å². The van der Waals surface area contributed by atoms with Gasteiger partial charge in [-0.05, 0) is 37.1 Å². The monoisotopic (exact) mass is 410 g/mol. The number of nitrogen functional groups attached to an aromatic ring is 1. The van der Waals surface area contributed by atoms with Gasteiger partial charge >= 0.3 is 0 Å². The van der Waals surface area contributed by atoms with Gasteiger partial charge in [-0.1, -0.05) is 6.07 Å². The molecule has 3 N–H and O–H groups in total. The van der Waals surface area contributed by atoms with Crippen LogP contribution in [0.3, 0.4) is 0 Å². The number of pyridine rings is 2. The van der Waals surface area contributed by atoms with E-state index in [-0.39, 0.29) is 24.8 Å². The Morgan fingerprint density at radius 1 is 1.13 bits per heavy atom. The Morgan fingerprint density at radius 2 is 2.00 bits per heavy atom. The summed E-state index contributed by atoms with van der Waals surface area (Å²) in [5.74, 6) is 0.506. The smallest absolute Gasteiger partial charge is 0.245 e. The molecule has 2 aliphatic rings. The fourth-order valence-electron chi connectivity index (χ4n) is 3.86. The molecule has 1 unspecified atom stereocenters. The molecule has 0 aromatic carbocycles. The van der Waals surface area contributed by atoms with E-state index in [0.29, 0.717) is 49.6 Å². The van der Waals surface area contributed by atoms with Crippen LogP contribution in [-0.2, 0) is 9.59 Å². The molecular formula is C21H26N6O3. The first-order valence-corrected chi connectivity index (χ1v) is 10.1. The highest BCUT2D eigenvalue weighted by Crippen LogP contribution is 2.19. The Hall–Kier alpha value is -3.49. The van der Waals surface area contributed by atoms with Gasteiger partial charge in [-0.25, -0.2) is 9.97 Å². The van der Waals surface area contributed by atoms with E-state index in [0.717, 1.165) is 13.0 Å². The summed E-state index contributed by atoms with van der Waals surface area (Å²) in [6.45, 7) is 2.50. The molecule has 2 fully saturated rings. The van der Waals surface area contributed by atoms with Crippen LogP contribution in [0.25, 0.3) is 0 Å². The number of anilines is 2. The highest BCUT2D eigenvalue weighted by molar-refractivity contribution is 6.10. The summed E-state index contributed by atoms with van der Waals surface area (Å²) in [4.78, 5) is 49.3. The van der Waals surface area contributed by atoms with E-state index in [4.69, 9.17) is 5.73 Å². The SMILES string of the molecule is Nc1ncccc1C(=O)c1cccc(N2CCCN(C(=O)C3CCC(=O)N3)CC2)n1.[HH]. The average Bonchev–Trinajstić information content (AvgIpc) is 3.05. The van der Waals surface area contributed by atoms with Crippen molar-refractivity contribution in [3.05, 3.63) is 47.8 Å². The summed E-state index contributed by atoms with van der Waals surface area (Å²) in [5, 5.41) is 2.75. The van der Waals surface area contributed by atoms with Crippen LogP contribution in [0.4, 0.5) is 11.6 Å². The Labute approximate surface area is 175 Å². The maximum atomic E-state index is 12.8. The van der Waals surface area contributed by atoms with E-state index < -0.39 is 6.04 Å². The maximum absolute atomic E-state index is 12.8. The summed E-state index contributed by atoms with van der Waals surface area (Å²) in [6.07, 6.45) is 3.28. The first kappa shape index (κ1) is 19.8. The number of amides is 2. The summed E-state index contributed by atoms with van der Waals surface area (Å²) in [7, 11) is 0. The molecular weight excluding hydrogens is 384 g/mol. The maximum Gasteiger partial charge on any atom is 0.245 e. The Bertz CT molecular complexity index is 985. The lowest BCUT2D eigenvalue weighted by atomic mass is 10.1. The third kappa shape index (κ3) is 4.10. The zero-order valence-electron chi connectivity index (χ0n) is 16.6. The van der Waals surface area contributed by atoms with Crippen molar-refractivity contribution in [2.24, 2.45) is 0 Å². The van der Waals surface area contributed by atoms with Crippen molar-refractivity contribution < 1.29 is 15.8 Å². The normalized spacial score (nSPS) is 19.3. The van der Waals surface area contributed by atoms with E-state index in [1.165, 1.54) is 6.20 Å². The largest absolute Gasteiger partial charge is 0.383 e. The van der Waals surface area contributed by atoms with Crippen LogP contribution in [0.2, 0.25) is 0 Å². The predicted octanol–water partition coefficient (Wildman–Crippen LogP) is 0.853. The van der Waals surface area contributed by atoms with E-state index in [1.54, 1.807) is 24.3 Å². The highest BCUT2D eigenvalue weighted by Gasteiger charge is 2.31. The summed E-state index contributed by atoms with van der Waals surface area (Å²) in [6, 6.07) is 8.21. The number of hydrogen-bond donors (Lipinski definition) is 2. The lowest BCUT2D eigenvalue weighted by Crippen LogP contribution is -2.45. The predicted molar refractivity (Wildman–Crippen MR) is 113 cm³/mol. The molecule has 2 saturated heterocycles. The quantitative estimate of drug-likeness (QED) is 0.717. The molecule has 0 bridgehead atoms. The zero-order chi connectivity index (χ0) is 21.1. The van der Waals surface area contributed by atoms with Crippen molar-refractivity contribution in [2.75, 3.05) is 36.8 Å². The third-order valence-electron chi connectivity index (χ3n) is 5.48. The second-order valence-corrected chi connectivity index (χ2v) is 7.47.